The number of aromatic carboxylic acids is 1. The van der Waals surface area contributed by atoms with Crippen LogP contribution in [0, 0.1) is 0 Å². The number of rotatable bonds is 2. The van der Waals surface area contributed by atoms with Gasteiger partial charge in [-0.1, -0.05) is 6.07 Å². The van der Waals surface area contributed by atoms with E-state index in [0.717, 1.165) is 6.20 Å². The lowest BCUT2D eigenvalue weighted by Crippen LogP contribution is -1.99. The van der Waals surface area contributed by atoms with Crippen LogP contribution in [0.25, 0.3) is 10.9 Å². The van der Waals surface area contributed by atoms with E-state index < -0.39 is 5.97 Å². The molecule has 0 saturated carbocycles. The number of benzene rings is 1. The fourth-order valence-electron chi connectivity index (χ4n) is 1.50. The number of aromatic nitrogens is 1. The van der Waals surface area contributed by atoms with Gasteiger partial charge in [-0.3, -0.25) is 4.98 Å². The molecule has 0 aliphatic rings. The average Bonchev–Trinajstić information content (AvgIpc) is 2.28. The molecule has 0 aliphatic carbocycles. The van der Waals surface area contributed by atoms with E-state index in [0.29, 0.717) is 16.7 Å². The third-order valence-electron chi connectivity index (χ3n) is 2.28. The summed E-state index contributed by atoms with van der Waals surface area (Å²) in [4.78, 5) is 14.8. The summed E-state index contributed by atoms with van der Waals surface area (Å²) >= 11 is 0. The van der Waals surface area contributed by atoms with Crippen LogP contribution in [0.2, 0.25) is 0 Å². The van der Waals surface area contributed by atoms with Crippen LogP contribution >= 0.6 is 0 Å². The Kier molecular flexibility index (Phi) is 2.36. The molecule has 0 atom stereocenters. The summed E-state index contributed by atoms with van der Waals surface area (Å²) < 4.78 is 5.06. The number of pyridine rings is 1. The molecule has 2 N–H and O–H groups in total. The summed E-state index contributed by atoms with van der Waals surface area (Å²) in [6, 6.07) is 4.94. The number of ether oxygens (including phenoxy) is 1. The van der Waals surface area contributed by atoms with Crippen LogP contribution in [0.15, 0.2) is 24.4 Å². The highest BCUT2D eigenvalue weighted by Crippen LogP contribution is 2.31. The van der Waals surface area contributed by atoms with Crippen LogP contribution in [0.1, 0.15) is 10.4 Å². The normalized spacial score (nSPS) is 10.3. The standard InChI is InChI=1S/C11H9NO4/c1-16-8-4-2-3-6-9(8)12-5-7(10(6)13)11(14)15/h2-5H,1H3,(H,12,13)(H,14,15). The van der Waals surface area contributed by atoms with Crippen molar-refractivity contribution < 1.29 is 19.7 Å². The van der Waals surface area contributed by atoms with E-state index in [4.69, 9.17) is 9.84 Å². The number of para-hydroxylation sites is 1. The maximum absolute atomic E-state index is 10.8. The summed E-state index contributed by atoms with van der Waals surface area (Å²) in [5.74, 6) is -1.02. The Morgan fingerprint density at radius 2 is 2.19 bits per heavy atom. The molecule has 0 aliphatic heterocycles. The largest absolute Gasteiger partial charge is 0.506 e. The second-order valence-electron chi connectivity index (χ2n) is 3.18. The predicted molar refractivity (Wildman–Crippen MR) is 56.9 cm³/mol. The molecule has 5 heteroatoms. The van der Waals surface area contributed by atoms with Crippen molar-refractivity contribution in [2.24, 2.45) is 0 Å². The van der Waals surface area contributed by atoms with E-state index in [1.807, 2.05) is 0 Å². The number of carbonyl (C=O) groups is 1. The highest BCUT2D eigenvalue weighted by atomic mass is 16.5. The second-order valence-corrected chi connectivity index (χ2v) is 3.18. The van der Waals surface area contributed by atoms with Gasteiger partial charge < -0.3 is 14.9 Å². The lowest BCUT2D eigenvalue weighted by atomic mass is 10.1. The van der Waals surface area contributed by atoms with Crippen molar-refractivity contribution in [1.82, 2.24) is 4.98 Å². The van der Waals surface area contributed by atoms with Crippen molar-refractivity contribution in [2.45, 2.75) is 0 Å². The van der Waals surface area contributed by atoms with Crippen molar-refractivity contribution in [2.75, 3.05) is 7.11 Å². The van der Waals surface area contributed by atoms with Crippen molar-refractivity contribution in [3.05, 3.63) is 30.0 Å². The van der Waals surface area contributed by atoms with Crippen molar-refractivity contribution in [1.29, 1.82) is 0 Å². The van der Waals surface area contributed by atoms with Gasteiger partial charge in [0.05, 0.1) is 7.11 Å². The molecule has 0 spiro atoms. The smallest absolute Gasteiger partial charge is 0.341 e. The fourth-order valence-corrected chi connectivity index (χ4v) is 1.50. The number of hydrogen-bond acceptors (Lipinski definition) is 4. The Morgan fingerprint density at radius 3 is 2.81 bits per heavy atom. The number of carboxylic acids is 1. The van der Waals surface area contributed by atoms with Crippen LogP contribution in [0.4, 0.5) is 0 Å². The lowest BCUT2D eigenvalue weighted by Gasteiger charge is -2.07. The molecule has 0 unspecified atom stereocenters. The summed E-state index contributed by atoms with van der Waals surface area (Å²) in [6.45, 7) is 0. The van der Waals surface area contributed by atoms with Gasteiger partial charge >= 0.3 is 5.97 Å². The number of nitrogens with zero attached hydrogens (tertiary/aromatic N) is 1. The van der Waals surface area contributed by atoms with Crippen molar-refractivity contribution >= 4 is 16.9 Å². The molecule has 1 heterocycles. The van der Waals surface area contributed by atoms with Crippen LogP contribution in [-0.4, -0.2) is 28.3 Å². The molecule has 0 saturated heterocycles. The molecule has 16 heavy (non-hydrogen) atoms. The summed E-state index contributed by atoms with van der Waals surface area (Å²) in [6.07, 6.45) is 1.11. The minimum atomic E-state index is -1.21. The first kappa shape index (κ1) is 10.2. The van der Waals surface area contributed by atoms with Crippen molar-refractivity contribution in [3.63, 3.8) is 0 Å². The number of carboxylic acid groups (broad SMARTS) is 1. The van der Waals surface area contributed by atoms with Crippen LogP contribution in [0.5, 0.6) is 11.5 Å². The van der Waals surface area contributed by atoms with Gasteiger partial charge in [0.25, 0.3) is 0 Å². The minimum absolute atomic E-state index is 0.222. The van der Waals surface area contributed by atoms with Gasteiger partial charge in [0.15, 0.2) is 0 Å². The molecular weight excluding hydrogens is 210 g/mol. The van der Waals surface area contributed by atoms with E-state index in [9.17, 15) is 9.90 Å². The summed E-state index contributed by atoms with van der Waals surface area (Å²) in [5.41, 5.74) is 0.216. The Hall–Kier alpha value is -2.30. The maximum atomic E-state index is 10.8. The van der Waals surface area contributed by atoms with Gasteiger partial charge in [-0.05, 0) is 12.1 Å². The summed E-state index contributed by atoms with van der Waals surface area (Å²) in [7, 11) is 1.48. The fraction of sp³-hybridized carbons (Fsp3) is 0.0909. The first-order valence-electron chi connectivity index (χ1n) is 4.53. The van der Waals surface area contributed by atoms with Crippen LogP contribution < -0.4 is 4.74 Å². The third kappa shape index (κ3) is 1.42. The number of hydrogen-bond donors (Lipinski definition) is 2. The lowest BCUT2D eigenvalue weighted by molar-refractivity contribution is 0.0693. The molecule has 2 aromatic rings. The summed E-state index contributed by atoms with van der Waals surface area (Å²) in [5, 5.41) is 18.9. The van der Waals surface area contributed by atoms with Gasteiger partial charge in [0.1, 0.15) is 22.6 Å². The van der Waals surface area contributed by atoms with Gasteiger partial charge in [-0.15, -0.1) is 0 Å². The van der Waals surface area contributed by atoms with E-state index >= 15 is 0 Å². The van der Waals surface area contributed by atoms with E-state index in [-0.39, 0.29) is 11.3 Å². The molecule has 1 aromatic heterocycles. The van der Waals surface area contributed by atoms with E-state index in [2.05, 4.69) is 4.98 Å². The molecule has 1 aromatic carbocycles. The zero-order chi connectivity index (χ0) is 11.7. The highest BCUT2D eigenvalue weighted by molar-refractivity contribution is 5.99. The molecular formula is C11H9NO4. The Labute approximate surface area is 90.9 Å². The molecule has 0 bridgehead atoms. The van der Waals surface area contributed by atoms with E-state index in [1.54, 1.807) is 18.2 Å². The van der Waals surface area contributed by atoms with Gasteiger partial charge in [-0.25, -0.2) is 4.79 Å². The number of aromatic hydroxyl groups is 1. The van der Waals surface area contributed by atoms with Crippen LogP contribution in [-0.2, 0) is 0 Å². The Balaban J connectivity index is 2.81. The molecule has 0 radical (unpaired) electrons. The average molecular weight is 219 g/mol. The van der Waals surface area contributed by atoms with Crippen molar-refractivity contribution in [3.8, 4) is 11.5 Å². The Bertz CT molecular complexity index is 565. The van der Waals surface area contributed by atoms with Crippen LogP contribution in [0.3, 0.4) is 0 Å². The zero-order valence-electron chi connectivity index (χ0n) is 8.47. The molecule has 0 fully saturated rings. The van der Waals surface area contributed by atoms with Gasteiger partial charge in [0, 0.05) is 11.6 Å². The first-order valence-corrected chi connectivity index (χ1v) is 4.53. The molecule has 0 amide bonds. The third-order valence-corrected chi connectivity index (χ3v) is 2.28. The SMILES string of the molecule is COc1cccc2c(O)c(C(=O)O)cnc12. The number of fused-ring (bicyclic) bond motifs is 1. The second kappa shape index (κ2) is 3.69. The van der Waals surface area contributed by atoms with Gasteiger partial charge in [-0.2, -0.15) is 0 Å². The zero-order valence-corrected chi connectivity index (χ0v) is 8.47. The number of methoxy groups -OCH3 is 1. The highest BCUT2D eigenvalue weighted by Gasteiger charge is 2.15. The minimum Gasteiger partial charge on any atom is -0.506 e. The predicted octanol–water partition coefficient (Wildman–Crippen LogP) is 1.65. The van der Waals surface area contributed by atoms with Gasteiger partial charge in [0.2, 0.25) is 0 Å². The maximum Gasteiger partial charge on any atom is 0.341 e. The quantitative estimate of drug-likeness (QED) is 0.802. The van der Waals surface area contributed by atoms with E-state index in [1.165, 1.54) is 7.11 Å². The molecule has 5 nitrogen and oxygen atoms in total. The Morgan fingerprint density at radius 1 is 1.44 bits per heavy atom. The molecule has 82 valence electrons. The first-order chi connectivity index (χ1) is 7.65. The topological polar surface area (TPSA) is 79.7 Å². The monoisotopic (exact) mass is 219 g/mol. The molecule has 2 rings (SSSR count).